The summed E-state index contributed by atoms with van der Waals surface area (Å²) in [7, 11) is 0. The molecular formula is C29H34N4O3. The van der Waals surface area contributed by atoms with E-state index in [0.29, 0.717) is 18.7 Å². The molecule has 0 saturated heterocycles. The molecule has 6 rings (SSSR count). The first kappa shape index (κ1) is 23.0. The lowest BCUT2D eigenvalue weighted by Crippen LogP contribution is -2.42. The maximum absolute atomic E-state index is 12.4. The lowest BCUT2D eigenvalue weighted by Gasteiger charge is -2.42. The second-order valence-corrected chi connectivity index (χ2v) is 10.3. The van der Waals surface area contributed by atoms with E-state index in [1.165, 1.54) is 42.5 Å². The Bertz CT molecular complexity index is 1230. The van der Waals surface area contributed by atoms with Crippen LogP contribution in [0, 0.1) is 6.92 Å². The van der Waals surface area contributed by atoms with Gasteiger partial charge in [0.25, 0.3) is 0 Å². The van der Waals surface area contributed by atoms with E-state index in [1.807, 2.05) is 19.1 Å². The predicted molar refractivity (Wildman–Crippen MR) is 140 cm³/mol. The van der Waals surface area contributed by atoms with Crippen LogP contribution >= 0.6 is 0 Å². The molecule has 2 heterocycles. The number of carbonyl (C=O) groups excluding carboxylic acids is 1. The van der Waals surface area contributed by atoms with Gasteiger partial charge < -0.3 is 24.8 Å². The molecule has 7 heteroatoms. The van der Waals surface area contributed by atoms with E-state index < -0.39 is 0 Å². The summed E-state index contributed by atoms with van der Waals surface area (Å²) in [5, 5.41) is 10.2. The number of nitrogens with zero attached hydrogens (tertiary/aromatic N) is 2. The van der Waals surface area contributed by atoms with Gasteiger partial charge in [0, 0.05) is 35.1 Å². The Balaban J connectivity index is 1.36. The van der Waals surface area contributed by atoms with Gasteiger partial charge in [0.1, 0.15) is 11.5 Å². The first-order valence-electron chi connectivity index (χ1n) is 13.3. The van der Waals surface area contributed by atoms with Crippen LogP contribution in [0.5, 0.6) is 5.75 Å². The van der Waals surface area contributed by atoms with E-state index in [-0.39, 0.29) is 18.0 Å². The summed E-state index contributed by atoms with van der Waals surface area (Å²) in [5.41, 5.74) is 5.52. The molecule has 3 aliphatic rings. The minimum atomic E-state index is -0.129. The van der Waals surface area contributed by atoms with E-state index in [2.05, 4.69) is 57.9 Å². The average Bonchev–Trinajstić information content (AvgIpc) is 3.37. The number of hydrogen-bond donors (Lipinski definition) is 2. The first-order chi connectivity index (χ1) is 17.6. The third-order valence-electron chi connectivity index (χ3n) is 8.03. The van der Waals surface area contributed by atoms with Gasteiger partial charge in [-0.05, 0) is 81.7 Å². The van der Waals surface area contributed by atoms with Crippen LogP contribution in [0.1, 0.15) is 79.9 Å². The molecule has 2 saturated carbocycles. The molecule has 2 amide bonds. The highest BCUT2D eigenvalue weighted by Gasteiger charge is 2.46. The predicted octanol–water partition coefficient (Wildman–Crippen LogP) is 6.30. The number of ether oxygens (including phenoxy) is 1. The first-order valence-corrected chi connectivity index (χ1v) is 13.3. The fourth-order valence-corrected chi connectivity index (χ4v) is 5.74. The van der Waals surface area contributed by atoms with E-state index in [1.54, 1.807) is 6.20 Å². The molecule has 2 N–H and O–H groups in total. The number of rotatable bonds is 7. The minimum Gasteiger partial charge on any atom is -0.494 e. The van der Waals surface area contributed by atoms with Crippen molar-refractivity contribution in [1.82, 2.24) is 10.5 Å². The van der Waals surface area contributed by atoms with E-state index >= 15 is 0 Å². The topological polar surface area (TPSA) is 79.6 Å². The van der Waals surface area contributed by atoms with Gasteiger partial charge in [-0.15, -0.1) is 0 Å². The van der Waals surface area contributed by atoms with Crippen LogP contribution in [-0.2, 0) is 0 Å². The molecule has 2 unspecified atom stereocenters. The number of hydrogen-bond acceptors (Lipinski definition) is 5. The Morgan fingerprint density at radius 1 is 1.11 bits per heavy atom. The molecular weight excluding hydrogens is 452 g/mol. The molecule has 3 aromatic rings. The fourth-order valence-electron chi connectivity index (χ4n) is 5.74. The molecule has 0 spiro atoms. The van der Waals surface area contributed by atoms with Crippen molar-refractivity contribution in [3.05, 3.63) is 71.1 Å². The molecule has 1 aromatic heterocycles. The van der Waals surface area contributed by atoms with Gasteiger partial charge in [-0.25, -0.2) is 4.79 Å². The van der Waals surface area contributed by atoms with Crippen LogP contribution in [0.25, 0.3) is 0 Å². The molecule has 7 nitrogen and oxygen atoms in total. The molecule has 0 bridgehead atoms. The van der Waals surface area contributed by atoms with Crippen molar-refractivity contribution in [1.29, 1.82) is 0 Å². The maximum Gasteiger partial charge on any atom is 0.319 e. The van der Waals surface area contributed by atoms with Crippen molar-refractivity contribution >= 4 is 17.4 Å². The van der Waals surface area contributed by atoms with E-state index in [0.717, 1.165) is 35.6 Å². The van der Waals surface area contributed by atoms with E-state index in [4.69, 9.17) is 9.26 Å². The van der Waals surface area contributed by atoms with Gasteiger partial charge in [0.2, 0.25) is 0 Å². The number of urea groups is 1. The Labute approximate surface area is 212 Å². The second kappa shape index (κ2) is 9.52. The van der Waals surface area contributed by atoms with Crippen molar-refractivity contribution in [3.63, 3.8) is 0 Å². The number of benzene rings is 2. The minimum absolute atomic E-state index is 0.0273. The smallest absolute Gasteiger partial charge is 0.319 e. The number of fused-ring (bicyclic) bond motifs is 1. The third kappa shape index (κ3) is 4.10. The summed E-state index contributed by atoms with van der Waals surface area (Å²) in [5.74, 6) is 1.83. The number of amides is 2. The lowest BCUT2D eigenvalue weighted by molar-refractivity contribution is 0.240. The SMILES string of the molecule is CCOc1ccc2c(c1)N(C1CCC1)C(c1ccc(NC(=O)NC3CCC3)cc1)C2c1oncc1C. The molecule has 1 aliphatic heterocycles. The highest BCUT2D eigenvalue weighted by Crippen LogP contribution is 2.56. The molecule has 0 radical (unpaired) electrons. The van der Waals surface area contributed by atoms with Crippen LogP contribution < -0.4 is 20.3 Å². The number of aromatic nitrogens is 1. The molecule has 2 atom stereocenters. The number of anilines is 2. The summed E-state index contributed by atoms with van der Waals surface area (Å²) >= 11 is 0. The summed E-state index contributed by atoms with van der Waals surface area (Å²) in [4.78, 5) is 14.9. The Morgan fingerprint density at radius 3 is 2.50 bits per heavy atom. The van der Waals surface area contributed by atoms with Crippen LogP contribution in [-0.4, -0.2) is 29.9 Å². The Hall–Kier alpha value is -3.48. The van der Waals surface area contributed by atoms with Gasteiger partial charge in [0.15, 0.2) is 0 Å². The zero-order valence-electron chi connectivity index (χ0n) is 21.0. The largest absolute Gasteiger partial charge is 0.494 e. The van der Waals surface area contributed by atoms with Crippen LogP contribution in [0.3, 0.4) is 0 Å². The van der Waals surface area contributed by atoms with Crippen LogP contribution in [0.4, 0.5) is 16.2 Å². The van der Waals surface area contributed by atoms with Crippen molar-refractivity contribution in [3.8, 4) is 5.75 Å². The second-order valence-electron chi connectivity index (χ2n) is 10.3. The summed E-state index contributed by atoms with van der Waals surface area (Å²) in [6.45, 7) is 4.72. The van der Waals surface area contributed by atoms with Crippen molar-refractivity contribution in [2.24, 2.45) is 0 Å². The van der Waals surface area contributed by atoms with Gasteiger partial charge >= 0.3 is 6.03 Å². The van der Waals surface area contributed by atoms with E-state index in [9.17, 15) is 4.79 Å². The quantitative estimate of drug-likeness (QED) is 0.410. The van der Waals surface area contributed by atoms with Crippen molar-refractivity contribution in [2.45, 2.75) is 76.4 Å². The summed E-state index contributed by atoms with van der Waals surface area (Å²) in [6, 6.07) is 15.5. The molecule has 2 aromatic carbocycles. The third-order valence-corrected chi connectivity index (χ3v) is 8.03. The highest BCUT2D eigenvalue weighted by molar-refractivity contribution is 5.89. The lowest BCUT2D eigenvalue weighted by atomic mass is 9.84. The maximum atomic E-state index is 12.4. The Kier molecular flexibility index (Phi) is 6.07. The standard InChI is InChI=1S/C29H34N4O3/c1-3-35-23-14-15-24-25(16-23)33(22-8-5-9-22)27(26(24)28-18(2)17-30-36-28)19-10-12-21(13-11-19)32-29(34)31-20-6-4-7-20/h10-17,20,22,26-27H,3-9H2,1-2H3,(H2,31,32,34). The van der Waals surface area contributed by atoms with Gasteiger partial charge in [-0.3, -0.25) is 0 Å². The van der Waals surface area contributed by atoms with Crippen LogP contribution in [0.2, 0.25) is 0 Å². The van der Waals surface area contributed by atoms with Crippen molar-refractivity contribution < 1.29 is 14.1 Å². The van der Waals surface area contributed by atoms with Crippen molar-refractivity contribution in [2.75, 3.05) is 16.8 Å². The summed E-state index contributed by atoms with van der Waals surface area (Å²) < 4.78 is 11.8. The normalized spacial score (nSPS) is 21.4. The zero-order chi connectivity index (χ0) is 24.6. The average molecular weight is 487 g/mol. The van der Waals surface area contributed by atoms with Crippen LogP contribution in [0.15, 0.2) is 53.2 Å². The monoisotopic (exact) mass is 486 g/mol. The highest BCUT2D eigenvalue weighted by atomic mass is 16.5. The molecule has 36 heavy (non-hydrogen) atoms. The fraction of sp³-hybridized carbons (Fsp3) is 0.448. The molecule has 2 aliphatic carbocycles. The van der Waals surface area contributed by atoms with Gasteiger partial charge in [-0.1, -0.05) is 23.4 Å². The van der Waals surface area contributed by atoms with Gasteiger partial charge in [-0.2, -0.15) is 0 Å². The van der Waals surface area contributed by atoms with Gasteiger partial charge in [0.05, 0.1) is 24.8 Å². The number of aryl methyl sites for hydroxylation is 1. The number of nitrogens with one attached hydrogen (secondary N) is 2. The summed E-state index contributed by atoms with van der Waals surface area (Å²) in [6.07, 6.45) is 8.74. The molecule has 188 valence electrons. The number of carbonyl (C=O) groups is 1. The zero-order valence-corrected chi connectivity index (χ0v) is 21.0. The molecule has 2 fully saturated rings. The Morgan fingerprint density at radius 2 is 1.89 bits per heavy atom.